The van der Waals surface area contributed by atoms with Crippen molar-refractivity contribution in [3.05, 3.63) is 29.8 Å². The number of hydrogen-bond acceptors (Lipinski definition) is 2. The molecule has 160 valence electrons. The quantitative estimate of drug-likeness (QED) is 0.280. The van der Waals surface area contributed by atoms with Crippen molar-refractivity contribution in [2.24, 2.45) is 0 Å². The summed E-state index contributed by atoms with van der Waals surface area (Å²) in [6, 6.07) is 9.02. The average Bonchev–Trinajstić information content (AvgIpc) is 2.73. The molecular formula is C26H46N2. The van der Waals surface area contributed by atoms with E-state index in [-0.39, 0.29) is 0 Å². The zero-order chi connectivity index (χ0) is 19.9. The predicted octanol–water partition coefficient (Wildman–Crippen LogP) is 7.07. The first-order chi connectivity index (χ1) is 13.8. The lowest BCUT2D eigenvalue weighted by molar-refractivity contribution is 0.263. The van der Waals surface area contributed by atoms with E-state index in [1.165, 1.54) is 122 Å². The molecule has 0 bridgehead atoms. The van der Waals surface area contributed by atoms with Crippen LogP contribution < -0.4 is 4.90 Å². The molecule has 0 aliphatic carbocycles. The highest BCUT2D eigenvalue weighted by molar-refractivity contribution is 5.55. The van der Waals surface area contributed by atoms with E-state index in [4.69, 9.17) is 0 Å². The summed E-state index contributed by atoms with van der Waals surface area (Å²) in [4.78, 5) is 5.31. The molecule has 0 fully saturated rings. The third-order valence-corrected chi connectivity index (χ3v) is 6.23. The number of anilines is 1. The van der Waals surface area contributed by atoms with Gasteiger partial charge in [-0.2, -0.15) is 0 Å². The van der Waals surface area contributed by atoms with E-state index < -0.39 is 0 Å². The smallest absolute Gasteiger partial charge is 0.0398 e. The summed E-state index contributed by atoms with van der Waals surface area (Å²) in [6.45, 7) is 11.0. The second-order valence-corrected chi connectivity index (χ2v) is 8.74. The number of aryl methyl sites for hydroxylation is 1. The summed E-state index contributed by atoms with van der Waals surface area (Å²) in [5.74, 6) is 0. The van der Waals surface area contributed by atoms with Gasteiger partial charge in [-0.3, -0.25) is 0 Å². The predicted molar refractivity (Wildman–Crippen MR) is 126 cm³/mol. The minimum absolute atomic E-state index is 1.25. The van der Waals surface area contributed by atoms with Crippen molar-refractivity contribution in [3.8, 4) is 0 Å². The molecule has 1 aromatic carbocycles. The fourth-order valence-corrected chi connectivity index (χ4v) is 4.58. The van der Waals surface area contributed by atoms with Gasteiger partial charge in [-0.1, -0.05) is 77.0 Å². The second kappa shape index (κ2) is 14.9. The highest BCUT2D eigenvalue weighted by atomic mass is 15.1. The maximum Gasteiger partial charge on any atom is 0.0398 e. The maximum absolute atomic E-state index is 2.68. The van der Waals surface area contributed by atoms with Crippen molar-refractivity contribution in [2.75, 3.05) is 37.6 Å². The molecule has 1 aliphatic rings. The topological polar surface area (TPSA) is 6.48 Å². The molecular weight excluding hydrogens is 340 g/mol. The zero-order valence-corrected chi connectivity index (χ0v) is 18.9. The fourth-order valence-electron chi connectivity index (χ4n) is 4.58. The summed E-state index contributed by atoms with van der Waals surface area (Å²) in [7, 11) is 0. The molecule has 0 radical (unpaired) electrons. The molecule has 0 spiro atoms. The molecule has 1 aromatic rings. The standard InChI is InChI=1S/C26H46N2/c1-3-5-21-27(20-4-2)22-14-10-8-6-7-9-11-15-23-28-24-16-18-25-17-12-13-19-26(25)28/h12-13,17,19H,3-11,14-16,18,20-24H2,1-2H3. The van der Waals surface area contributed by atoms with Crippen molar-refractivity contribution < 1.29 is 0 Å². The number of nitrogens with zero attached hydrogens (tertiary/aromatic N) is 2. The van der Waals surface area contributed by atoms with E-state index in [0.29, 0.717) is 0 Å². The fraction of sp³-hybridized carbons (Fsp3) is 0.769. The maximum atomic E-state index is 2.68. The lowest BCUT2D eigenvalue weighted by atomic mass is 10.0. The minimum Gasteiger partial charge on any atom is -0.371 e. The summed E-state index contributed by atoms with van der Waals surface area (Å²) in [5.41, 5.74) is 3.06. The molecule has 0 N–H and O–H groups in total. The molecule has 0 atom stereocenters. The summed E-state index contributed by atoms with van der Waals surface area (Å²) < 4.78 is 0. The van der Waals surface area contributed by atoms with Crippen LogP contribution in [0.3, 0.4) is 0 Å². The Morgan fingerprint density at radius 1 is 0.750 bits per heavy atom. The molecule has 1 aliphatic heterocycles. The molecule has 0 saturated carbocycles. The molecule has 2 rings (SSSR count). The summed E-state index contributed by atoms with van der Waals surface area (Å²) >= 11 is 0. The van der Waals surface area contributed by atoms with Crippen LogP contribution >= 0.6 is 0 Å². The van der Waals surface area contributed by atoms with Crippen LogP contribution in [-0.2, 0) is 6.42 Å². The van der Waals surface area contributed by atoms with Crippen molar-refractivity contribution in [3.63, 3.8) is 0 Å². The molecule has 0 saturated heterocycles. The van der Waals surface area contributed by atoms with E-state index >= 15 is 0 Å². The number of fused-ring (bicyclic) bond motifs is 1. The van der Waals surface area contributed by atoms with Gasteiger partial charge < -0.3 is 9.80 Å². The van der Waals surface area contributed by atoms with Crippen LogP contribution in [0.1, 0.15) is 96.5 Å². The number of unbranched alkanes of at least 4 members (excludes halogenated alkanes) is 8. The van der Waals surface area contributed by atoms with Crippen molar-refractivity contribution in [1.82, 2.24) is 4.90 Å². The Hall–Kier alpha value is -1.02. The van der Waals surface area contributed by atoms with Crippen molar-refractivity contribution in [2.45, 2.75) is 97.3 Å². The first-order valence-corrected chi connectivity index (χ1v) is 12.4. The van der Waals surface area contributed by atoms with Crippen molar-refractivity contribution in [1.29, 1.82) is 0 Å². The lowest BCUT2D eigenvalue weighted by Gasteiger charge is -2.31. The highest BCUT2D eigenvalue weighted by Crippen LogP contribution is 2.26. The van der Waals surface area contributed by atoms with E-state index in [2.05, 4.69) is 47.9 Å². The molecule has 2 nitrogen and oxygen atoms in total. The van der Waals surface area contributed by atoms with Gasteiger partial charge in [0.05, 0.1) is 0 Å². The second-order valence-electron chi connectivity index (χ2n) is 8.74. The Morgan fingerprint density at radius 3 is 2.18 bits per heavy atom. The zero-order valence-electron chi connectivity index (χ0n) is 18.9. The van der Waals surface area contributed by atoms with Crippen LogP contribution in [0.15, 0.2) is 24.3 Å². The van der Waals surface area contributed by atoms with E-state index in [0.717, 1.165) is 0 Å². The Kier molecular flexibility index (Phi) is 12.4. The summed E-state index contributed by atoms with van der Waals surface area (Å²) in [5, 5.41) is 0. The van der Waals surface area contributed by atoms with Crippen LogP contribution in [-0.4, -0.2) is 37.6 Å². The number of rotatable bonds is 16. The van der Waals surface area contributed by atoms with Gasteiger partial charge >= 0.3 is 0 Å². The molecule has 1 heterocycles. The van der Waals surface area contributed by atoms with Gasteiger partial charge in [0.25, 0.3) is 0 Å². The number of benzene rings is 1. The minimum atomic E-state index is 1.25. The number of para-hydroxylation sites is 1. The Morgan fingerprint density at radius 2 is 1.43 bits per heavy atom. The first kappa shape index (κ1) is 23.3. The van der Waals surface area contributed by atoms with Gasteiger partial charge in [0.15, 0.2) is 0 Å². The SMILES string of the molecule is CCCCN(CCC)CCCCCCCCCCN1CCCc2ccccc21. The van der Waals surface area contributed by atoms with Gasteiger partial charge in [0.1, 0.15) is 0 Å². The highest BCUT2D eigenvalue weighted by Gasteiger charge is 2.15. The third-order valence-electron chi connectivity index (χ3n) is 6.23. The van der Waals surface area contributed by atoms with Gasteiger partial charge in [0, 0.05) is 18.8 Å². The Labute approximate surface area is 175 Å². The van der Waals surface area contributed by atoms with Crippen molar-refractivity contribution >= 4 is 5.69 Å². The molecule has 28 heavy (non-hydrogen) atoms. The normalized spacial score (nSPS) is 13.9. The molecule has 2 heteroatoms. The van der Waals surface area contributed by atoms with Crippen LogP contribution in [0, 0.1) is 0 Å². The average molecular weight is 387 g/mol. The van der Waals surface area contributed by atoms with Gasteiger partial charge in [-0.15, -0.1) is 0 Å². The largest absolute Gasteiger partial charge is 0.371 e. The molecule has 0 unspecified atom stereocenters. The lowest BCUT2D eigenvalue weighted by Crippen LogP contribution is -2.30. The van der Waals surface area contributed by atoms with Gasteiger partial charge in [-0.05, 0) is 69.8 Å². The summed E-state index contributed by atoms with van der Waals surface area (Å²) in [6.07, 6.45) is 17.9. The Bertz CT molecular complexity index is 499. The van der Waals surface area contributed by atoms with Crippen LogP contribution in [0.2, 0.25) is 0 Å². The van der Waals surface area contributed by atoms with E-state index in [9.17, 15) is 0 Å². The van der Waals surface area contributed by atoms with Crippen LogP contribution in [0.25, 0.3) is 0 Å². The third kappa shape index (κ3) is 8.99. The van der Waals surface area contributed by atoms with E-state index in [1.807, 2.05) is 0 Å². The van der Waals surface area contributed by atoms with Gasteiger partial charge in [0.2, 0.25) is 0 Å². The molecule has 0 amide bonds. The molecule has 0 aromatic heterocycles. The van der Waals surface area contributed by atoms with Crippen LogP contribution in [0.4, 0.5) is 5.69 Å². The Balaban J connectivity index is 1.44. The van der Waals surface area contributed by atoms with E-state index in [1.54, 1.807) is 5.56 Å². The monoisotopic (exact) mass is 386 g/mol. The number of hydrogen-bond donors (Lipinski definition) is 0. The van der Waals surface area contributed by atoms with Gasteiger partial charge in [-0.25, -0.2) is 0 Å². The van der Waals surface area contributed by atoms with Crippen LogP contribution in [0.5, 0.6) is 0 Å². The first-order valence-electron chi connectivity index (χ1n) is 12.4.